The molecule has 2 aromatic rings. The van der Waals surface area contributed by atoms with Crippen LogP contribution >= 0.6 is 11.3 Å². The zero-order valence-electron chi connectivity index (χ0n) is 13.8. The Morgan fingerprint density at radius 1 is 1.26 bits per heavy atom. The molecule has 0 bridgehead atoms. The summed E-state index contributed by atoms with van der Waals surface area (Å²) in [5.74, 6) is -0.151. The van der Waals surface area contributed by atoms with Gasteiger partial charge in [0.15, 0.2) is 0 Å². The molecule has 1 aromatic heterocycles. The van der Waals surface area contributed by atoms with Gasteiger partial charge in [0.25, 0.3) is 0 Å². The highest BCUT2D eigenvalue weighted by molar-refractivity contribution is 7.13. The van der Waals surface area contributed by atoms with Crippen LogP contribution in [-0.4, -0.2) is 22.3 Å². The normalized spacial score (nSPS) is 11.1. The van der Waals surface area contributed by atoms with Crippen molar-refractivity contribution < 1.29 is 9.59 Å². The van der Waals surface area contributed by atoms with Gasteiger partial charge in [0, 0.05) is 29.1 Å². The number of amides is 2. The van der Waals surface area contributed by atoms with E-state index in [2.05, 4.69) is 15.6 Å². The van der Waals surface area contributed by atoms with Gasteiger partial charge < -0.3 is 10.6 Å². The highest BCUT2D eigenvalue weighted by Crippen LogP contribution is 2.26. The van der Waals surface area contributed by atoms with Crippen LogP contribution in [0.15, 0.2) is 29.6 Å². The van der Waals surface area contributed by atoms with Gasteiger partial charge >= 0.3 is 0 Å². The molecule has 0 aliphatic heterocycles. The van der Waals surface area contributed by atoms with E-state index in [0.717, 1.165) is 22.0 Å². The number of carbonyl (C=O) groups excluding carboxylic acids is 2. The zero-order chi connectivity index (χ0) is 17.0. The Hall–Kier alpha value is -2.21. The number of hydrogen-bond acceptors (Lipinski definition) is 4. The van der Waals surface area contributed by atoms with Gasteiger partial charge in [-0.15, -0.1) is 11.3 Å². The van der Waals surface area contributed by atoms with Crippen molar-refractivity contribution in [2.75, 3.05) is 5.32 Å². The summed E-state index contributed by atoms with van der Waals surface area (Å²) in [6.45, 7) is 7.32. The molecule has 1 aromatic carbocycles. The van der Waals surface area contributed by atoms with Crippen molar-refractivity contribution in [2.24, 2.45) is 0 Å². The van der Waals surface area contributed by atoms with E-state index >= 15 is 0 Å². The van der Waals surface area contributed by atoms with Gasteiger partial charge in [0.05, 0.1) is 12.1 Å². The minimum absolute atomic E-state index is 0.0404. The van der Waals surface area contributed by atoms with Gasteiger partial charge in [-0.2, -0.15) is 0 Å². The lowest BCUT2D eigenvalue weighted by molar-refractivity contribution is -0.121. The van der Waals surface area contributed by atoms with Gasteiger partial charge in [-0.3, -0.25) is 9.59 Å². The first-order chi connectivity index (χ1) is 10.7. The number of benzene rings is 1. The zero-order valence-corrected chi connectivity index (χ0v) is 14.6. The van der Waals surface area contributed by atoms with Crippen LogP contribution in [-0.2, 0) is 16.0 Å². The lowest BCUT2D eigenvalue weighted by Crippen LogP contribution is -2.41. The molecule has 0 spiro atoms. The molecule has 5 nitrogen and oxygen atoms in total. The molecule has 2 rings (SSSR count). The molecule has 0 saturated heterocycles. The molecule has 2 N–H and O–H groups in total. The van der Waals surface area contributed by atoms with E-state index < -0.39 is 0 Å². The van der Waals surface area contributed by atoms with Crippen LogP contribution in [0.5, 0.6) is 0 Å². The summed E-state index contributed by atoms with van der Waals surface area (Å²) in [4.78, 5) is 27.6. The summed E-state index contributed by atoms with van der Waals surface area (Å²) >= 11 is 1.49. The van der Waals surface area contributed by atoms with Gasteiger partial charge in [-0.25, -0.2) is 4.98 Å². The Labute approximate surface area is 140 Å². The second-order valence-electron chi connectivity index (χ2n) is 6.38. The second kappa shape index (κ2) is 6.91. The SMILES string of the molecule is CC(=O)Nc1cccc(-c2nc(CC(=O)NC(C)(C)C)cs2)c1. The van der Waals surface area contributed by atoms with Gasteiger partial charge in [-0.05, 0) is 32.9 Å². The highest BCUT2D eigenvalue weighted by Gasteiger charge is 2.15. The van der Waals surface area contributed by atoms with Crippen molar-refractivity contribution >= 4 is 28.8 Å². The van der Waals surface area contributed by atoms with E-state index in [0.29, 0.717) is 0 Å². The number of carbonyl (C=O) groups is 2. The van der Waals surface area contributed by atoms with E-state index in [1.807, 2.05) is 50.4 Å². The predicted molar refractivity (Wildman–Crippen MR) is 93.5 cm³/mol. The third kappa shape index (κ3) is 5.49. The Balaban J connectivity index is 2.10. The average Bonchev–Trinajstić information content (AvgIpc) is 2.84. The largest absolute Gasteiger partial charge is 0.351 e. The van der Waals surface area contributed by atoms with Crippen LogP contribution in [0.25, 0.3) is 10.6 Å². The van der Waals surface area contributed by atoms with Crippen LogP contribution in [0, 0.1) is 0 Å². The minimum atomic E-state index is -0.247. The number of rotatable bonds is 4. The maximum atomic E-state index is 12.0. The number of anilines is 1. The van der Waals surface area contributed by atoms with Crippen molar-refractivity contribution in [2.45, 2.75) is 39.7 Å². The maximum absolute atomic E-state index is 12.0. The molecule has 0 aliphatic carbocycles. The molecule has 0 atom stereocenters. The molecule has 23 heavy (non-hydrogen) atoms. The molecular weight excluding hydrogens is 310 g/mol. The maximum Gasteiger partial charge on any atom is 0.226 e. The summed E-state index contributed by atoms with van der Waals surface area (Å²) in [7, 11) is 0. The molecule has 122 valence electrons. The van der Waals surface area contributed by atoms with Crippen LogP contribution in [0.3, 0.4) is 0 Å². The standard InChI is InChI=1S/C17H21N3O2S/c1-11(21)18-13-7-5-6-12(8-13)16-19-14(10-23-16)9-15(22)20-17(2,3)4/h5-8,10H,9H2,1-4H3,(H,18,21)(H,20,22). The molecule has 0 saturated carbocycles. The van der Waals surface area contributed by atoms with Gasteiger partial charge in [0.2, 0.25) is 11.8 Å². The fraction of sp³-hybridized carbons (Fsp3) is 0.353. The molecule has 1 heterocycles. The van der Waals surface area contributed by atoms with Crippen molar-refractivity contribution in [1.29, 1.82) is 0 Å². The van der Waals surface area contributed by atoms with Crippen molar-refractivity contribution in [3.63, 3.8) is 0 Å². The Morgan fingerprint density at radius 2 is 2.00 bits per heavy atom. The van der Waals surface area contributed by atoms with E-state index in [4.69, 9.17) is 0 Å². The highest BCUT2D eigenvalue weighted by atomic mass is 32.1. The Kier molecular flexibility index (Phi) is 5.15. The lowest BCUT2D eigenvalue weighted by atomic mass is 10.1. The molecule has 0 radical (unpaired) electrons. The number of nitrogens with one attached hydrogen (secondary N) is 2. The van der Waals surface area contributed by atoms with Crippen LogP contribution in [0.1, 0.15) is 33.4 Å². The summed E-state index contributed by atoms with van der Waals surface area (Å²) in [5.41, 5.74) is 2.15. The molecule has 6 heteroatoms. The smallest absolute Gasteiger partial charge is 0.226 e. The van der Waals surface area contributed by atoms with Crippen LogP contribution in [0.4, 0.5) is 5.69 Å². The van der Waals surface area contributed by atoms with E-state index in [1.165, 1.54) is 18.3 Å². The van der Waals surface area contributed by atoms with Gasteiger partial charge in [-0.1, -0.05) is 12.1 Å². The number of hydrogen-bond donors (Lipinski definition) is 2. The predicted octanol–water partition coefficient (Wildman–Crippen LogP) is 3.23. The molecule has 0 fully saturated rings. The van der Waals surface area contributed by atoms with Crippen LogP contribution in [0.2, 0.25) is 0 Å². The monoisotopic (exact) mass is 331 g/mol. The third-order valence-electron chi connectivity index (χ3n) is 2.84. The first kappa shape index (κ1) is 17.1. The third-order valence-corrected chi connectivity index (χ3v) is 3.78. The van der Waals surface area contributed by atoms with Gasteiger partial charge in [0.1, 0.15) is 5.01 Å². The van der Waals surface area contributed by atoms with E-state index in [-0.39, 0.29) is 23.8 Å². The minimum Gasteiger partial charge on any atom is -0.351 e. The fourth-order valence-electron chi connectivity index (χ4n) is 2.08. The first-order valence-electron chi connectivity index (χ1n) is 7.36. The molecule has 0 unspecified atom stereocenters. The van der Waals surface area contributed by atoms with Crippen LogP contribution < -0.4 is 10.6 Å². The first-order valence-corrected chi connectivity index (χ1v) is 8.24. The lowest BCUT2D eigenvalue weighted by Gasteiger charge is -2.20. The number of nitrogens with zero attached hydrogens (tertiary/aromatic N) is 1. The summed E-state index contributed by atoms with van der Waals surface area (Å²) in [5, 5.41) is 8.40. The summed E-state index contributed by atoms with van der Waals surface area (Å²) in [6.07, 6.45) is 0.263. The number of aromatic nitrogens is 1. The molecular formula is C17H21N3O2S. The quantitative estimate of drug-likeness (QED) is 0.903. The Morgan fingerprint density at radius 3 is 2.65 bits per heavy atom. The van der Waals surface area contributed by atoms with E-state index in [1.54, 1.807) is 0 Å². The number of thiazole rings is 1. The molecule has 0 aliphatic rings. The topological polar surface area (TPSA) is 71.1 Å². The molecule has 2 amide bonds. The van der Waals surface area contributed by atoms with Crippen molar-refractivity contribution in [3.8, 4) is 10.6 Å². The fourth-order valence-corrected chi connectivity index (χ4v) is 2.90. The summed E-state index contributed by atoms with van der Waals surface area (Å²) < 4.78 is 0. The van der Waals surface area contributed by atoms with E-state index in [9.17, 15) is 9.59 Å². The Bertz CT molecular complexity index is 717. The second-order valence-corrected chi connectivity index (χ2v) is 7.24. The van der Waals surface area contributed by atoms with Crippen molar-refractivity contribution in [1.82, 2.24) is 10.3 Å². The average molecular weight is 331 g/mol. The summed E-state index contributed by atoms with van der Waals surface area (Å²) in [6, 6.07) is 7.51. The van der Waals surface area contributed by atoms with Crippen molar-refractivity contribution in [3.05, 3.63) is 35.3 Å².